The summed E-state index contributed by atoms with van der Waals surface area (Å²) in [5.74, 6) is 0.214. The van der Waals surface area contributed by atoms with E-state index in [1.54, 1.807) is 24.4 Å². The van der Waals surface area contributed by atoms with Crippen molar-refractivity contribution < 1.29 is 13.9 Å². The molecule has 0 amide bonds. The summed E-state index contributed by atoms with van der Waals surface area (Å²) in [6.07, 6.45) is -2.80. The third-order valence-electron chi connectivity index (χ3n) is 2.00. The zero-order chi connectivity index (χ0) is 11.5. The van der Waals surface area contributed by atoms with Crippen LogP contribution >= 0.6 is 0 Å². The highest BCUT2D eigenvalue weighted by molar-refractivity contribution is 5.42. The largest absolute Gasteiger partial charge is 0.385 e. The van der Waals surface area contributed by atoms with Gasteiger partial charge in [-0.1, -0.05) is 6.07 Å². The number of halogens is 2. The lowest BCUT2D eigenvalue weighted by Gasteiger charge is -2.08. The third kappa shape index (κ3) is 2.25. The van der Waals surface area contributed by atoms with Crippen molar-refractivity contribution in [2.75, 3.05) is 11.9 Å². The van der Waals surface area contributed by atoms with Gasteiger partial charge in [0.15, 0.2) is 5.65 Å². The Labute approximate surface area is 89.7 Å². The van der Waals surface area contributed by atoms with Crippen LogP contribution in [0.4, 0.5) is 14.7 Å². The highest BCUT2D eigenvalue weighted by Gasteiger charge is 2.16. The maximum absolute atomic E-state index is 12.0. The molecule has 7 heteroatoms. The Bertz CT molecular complexity index is 440. The molecule has 2 N–H and O–H groups in total. The van der Waals surface area contributed by atoms with Crippen LogP contribution in [0.25, 0.3) is 5.65 Å². The molecule has 0 spiro atoms. The van der Waals surface area contributed by atoms with E-state index in [0.29, 0.717) is 5.65 Å². The summed E-state index contributed by atoms with van der Waals surface area (Å²) in [5, 5.41) is 15.4. The minimum atomic E-state index is -2.77. The molecule has 0 aliphatic rings. The molecule has 0 saturated carbocycles. The number of aliphatic hydroxyl groups is 1. The van der Waals surface area contributed by atoms with E-state index in [9.17, 15) is 8.78 Å². The van der Waals surface area contributed by atoms with E-state index in [4.69, 9.17) is 5.11 Å². The zero-order valence-electron chi connectivity index (χ0n) is 8.22. The maximum atomic E-state index is 12.0. The molecule has 0 aliphatic heterocycles. The molecule has 0 aliphatic carbocycles. The van der Waals surface area contributed by atoms with Crippen LogP contribution in [-0.2, 0) is 0 Å². The van der Waals surface area contributed by atoms with Crippen molar-refractivity contribution in [2.24, 2.45) is 0 Å². The van der Waals surface area contributed by atoms with Crippen molar-refractivity contribution in [3.8, 4) is 0 Å². The van der Waals surface area contributed by atoms with Crippen LogP contribution in [0.15, 0.2) is 24.4 Å². The normalized spacial score (nSPS) is 13.2. The summed E-state index contributed by atoms with van der Waals surface area (Å²) in [5.41, 5.74) is 0.608. The van der Waals surface area contributed by atoms with Crippen LogP contribution in [0.2, 0.25) is 0 Å². The van der Waals surface area contributed by atoms with Gasteiger partial charge in [0.05, 0.1) is 0 Å². The number of alkyl halides is 2. The smallest absolute Gasteiger partial charge is 0.265 e. The van der Waals surface area contributed by atoms with Crippen LogP contribution in [0.3, 0.4) is 0 Å². The standard InChI is InChI=1S/C9H10F2N4O/c10-8(11)6(16)5-12-9-13-7-3-1-2-4-15(7)14-9/h1-4,6,8,16H,5H2,(H,12,14). The molecule has 86 valence electrons. The van der Waals surface area contributed by atoms with E-state index < -0.39 is 12.5 Å². The molecule has 16 heavy (non-hydrogen) atoms. The number of hydrogen-bond donors (Lipinski definition) is 2. The molecule has 0 fully saturated rings. The van der Waals surface area contributed by atoms with E-state index in [1.165, 1.54) is 4.52 Å². The number of aliphatic hydroxyl groups excluding tert-OH is 1. The van der Waals surface area contributed by atoms with Crippen LogP contribution < -0.4 is 5.32 Å². The number of fused-ring (bicyclic) bond motifs is 1. The molecule has 0 aromatic carbocycles. The Morgan fingerprint density at radius 3 is 2.94 bits per heavy atom. The summed E-state index contributed by atoms with van der Waals surface area (Å²) in [6, 6.07) is 5.31. The summed E-state index contributed by atoms with van der Waals surface area (Å²) in [6.45, 7) is -0.283. The summed E-state index contributed by atoms with van der Waals surface area (Å²) in [7, 11) is 0. The van der Waals surface area contributed by atoms with Crippen molar-refractivity contribution in [3.63, 3.8) is 0 Å². The second-order valence-electron chi connectivity index (χ2n) is 3.22. The molecule has 1 atom stereocenters. The lowest BCUT2D eigenvalue weighted by Crippen LogP contribution is -2.27. The Morgan fingerprint density at radius 1 is 1.44 bits per heavy atom. The minimum absolute atomic E-state index is 0.214. The van der Waals surface area contributed by atoms with Gasteiger partial charge in [0.2, 0.25) is 5.95 Å². The third-order valence-corrected chi connectivity index (χ3v) is 2.00. The zero-order valence-corrected chi connectivity index (χ0v) is 8.22. The molecular weight excluding hydrogens is 218 g/mol. The van der Waals surface area contributed by atoms with Crippen molar-refractivity contribution >= 4 is 11.6 Å². The van der Waals surface area contributed by atoms with Gasteiger partial charge < -0.3 is 10.4 Å². The molecule has 2 rings (SSSR count). The number of hydrogen-bond acceptors (Lipinski definition) is 4. The fourth-order valence-electron chi connectivity index (χ4n) is 1.19. The van der Waals surface area contributed by atoms with Crippen LogP contribution in [-0.4, -0.2) is 38.8 Å². The van der Waals surface area contributed by atoms with E-state index >= 15 is 0 Å². The van der Waals surface area contributed by atoms with Gasteiger partial charge in [-0.15, -0.1) is 5.10 Å². The molecule has 1 unspecified atom stereocenters. The van der Waals surface area contributed by atoms with Gasteiger partial charge in [-0.25, -0.2) is 13.3 Å². The average molecular weight is 228 g/mol. The lowest BCUT2D eigenvalue weighted by atomic mass is 10.4. The van der Waals surface area contributed by atoms with Gasteiger partial charge in [-0.2, -0.15) is 4.98 Å². The number of anilines is 1. The first kappa shape index (κ1) is 10.7. The van der Waals surface area contributed by atoms with Crippen molar-refractivity contribution in [1.29, 1.82) is 0 Å². The predicted molar refractivity (Wildman–Crippen MR) is 53.5 cm³/mol. The molecule has 0 radical (unpaired) electrons. The second-order valence-corrected chi connectivity index (χ2v) is 3.22. The first-order valence-corrected chi connectivity index (χ1v) is 4.68. The van der Waals surface area contributed by atoms with Crippen molar-refractivity contribution in [3.05, 3.63) is 24.4 Å². The van der Waals surface area contributed by atoms with E-state index in [2.05, 4.69) is 15.4 Å². The van der Waals surface area contributed by atoms with Gasteiger partial charge >= 0.3 is 0 Å². The molecule has 2 aromatic heterocycles. The van der Waals surface area contributed by atoms with E-state index in [1.807, 2.05) is 0 Å². The fraction of sp³-hybridized carbons (Fsp3) is 0.333. The summed E-state index contributed by atoms with van der Waals surface area (Å²) >= 11 is 0. The number of aromatic nitrogens is 3. The average Bonchev–Trinajstić information content (AvgIpc) is 2.68. The topological polar surface area (TPSA) is 62.5 Å². The van der Waals surface area contributed by atoms with E-state index in [-0.39, 0.29) is 12.5 Å². The minimum Gasteiger partial charge on any atom is -0.385 e. The van der Waals surface area contributed by atoms with Gasteiger partial charge in [0.1, 0.15) is 6.10 Å². The Balaban J connectivity index is 2.05. The van der Waals surface area contributed by atoms with Crippen molar-refractivity contribution in [1.82, 2.24) is 14.6 Å². The highest BCUT2D eigenvalue weighted by Crippen LogP contribution is 2.06. The molecule has 0 saturated heterocycles. The number of nitrogens with one attached hydrogen (secondary N) is 1. The Morgan fingerprint density at radius 2 is 2.25 bits per heavy atom. The molecule has 2 aromatic rings. The molecule has 2 heterocycles. The quantitative estimate of drug-likeness (QED) is 0.811. The summed E-state index contributed by atoms with van der Waals surface area (Å²) < 4.78 is 25.5. The van der Waals surface area contributed by atoms with Crippen LogP contribution in [0, 0.1) is 0 Å². The van der Waals surface area contributed by atoms with Crippen LogP contribution in [0.1, 0.15) is 0 Å². The predicted octanol–water partition coefficient (Wildman–Crippen LogP) is 0.767. The number of pyridine rings is 1. The van der Waals surface area contributed by atoms with E-state index in [0.717, 1.165) is 0 Å². The first-order chi connectivity index (χ1) is 7.66. The highest BCUT2D eigenvalue weighted by atomic mass is 19.3. The Hall–Kier alpha value is -1.76. The number of nitrogens with zero attached hydrogens (tertiary/aromatic N) is 3. The van der Waals surface area contributed by atoms with Gasteiger partial charge in [0.25, 0.3) is 6.43 Å². The monoisotopic (exact) mass is 228 g/mol. The lowest BCUT2D eigenvalue weighted by molar-refractivity contribution is 0.00377. The van der Waals surface area contributed by atoms with Gasteiger partial charge in [0, 0.05) is 12.7 Å². The summed E-state index contributed by atoms with van der Waals surface area (Å²) in [4.78, 5) is 4.03. The maximum Gasteiger partial charge on any atom is 0.265 e. The Kier molecular flexibility index (Phi) is 2.95. The molecule has 0 bridgehead atoms. The van der Waals surface area contributed by atoms with Crippen molar-refractivity contribution in [2.45, 2.75) is 12.5 Å². The first-order valence-electron chi connectivity index (χ1n) is 4.68. The second kappa shape index (κ2) is 4.40. The number of rotatable bonds is 4. The van der Waals surface area contributed by atoms with Gasteiger partial charge in [-0.05, 0) is 12.1 Å². The van der Waals surface area contributed by atoms with Gasteiger partial charge in [-0.3, -0.25) is 0 Å². The fourth-order valence-corrected chi connectivity index (χ4v) is 1.19. The molecule has 5 nitrogen and oxygen atoms in total. The SMILES string of the molecule is OC(CNc1nc2ccccn2n1)C(F)F. The van der Waals surface area contributed by atoms with Crippen LogP contribution in [0.5, 0.6) is 0 Å². The molecular formula is C9H10F2N4O.